The van der Waals surface area contributed by atoms with Gasteiger partial charge in [0, 0.05) is 38.2 Å². The highest BCUT2D eigenvalue weighted by Crippen LogP contribution is 2.29. The van der Waals surface area contributed by atoms with Crippen molar-refractivity contribution in [3.05, 3.63) is 33.9 Å². The highest BCUT2D eigenvalue weighted by atomic mass is 16.8. The van der Waals surface area contributed by atoms with Crippen LogP contribution in [0.5, 0.6) is 0 Å². The Balaban J connectivity index is 1.76. The van der Waals surface area contributed by atoms with Crippen molar-refractivity contribution in [2.45, 2.75) is 45.3 Å². The van der Waals surface area contributed by atoms with E-state index in [0.29, 0.717) is 24.6 Å². The Bertz CT molecular complexity index is 652. The van der Waals surface area contributed by atoms with E-state index in [1.165, 1.54) is 12.1 Å². The van der Waals surface area contributed by atoms with Crippen molar-refractivity contribution in [1.82, 2.24) is 5.48 Å². The van der Waals surface area contributed by atoms with E-state index in [0.717, 1.165) is 38.8 Å². The van der Waals surface area contributed by atoms with E-state index in [4.69, 9.17) is 9.57 Å². The summed E-state index contributed by atoms with van der Waals surface area (Å²) in [6.07, 6.45) is 4.27. The lowest BCUT2D eigenvalue weighted by atomic mass is 9.98. The second kappa shape index (κ2) is 8.46. The molecule has 2 saturated heterocycles. The van der Waals surface area contributed by atoms with Gasteiger partial charge in [0.15, 0.2) is 6.29 Å². The molecule has 0 bridgehead atoms. The van der Waals surface area contributed by atoms with Gasteiger partial charge in [0.2, 0.25) is 0 Å². The number of nitro groups is 1. The highest BCUT2D eigenvalue weighted by Gasteiger charge is 2.24. The first-order chi connectivity index (χ1) is 12.5. The molecule has 1 aromatic rings. The average Bonchev–Trinajstić information content (AvgIpc) is 2.67. The lowest BCUT2D eigenvalue weighted by Gasteiger charge is -2.33. The molecule has 0 saturated carbocycles. The van der Waals surface area contributed by atoms with Gasteiger partial charge in [-0.15, -0.1) is 0 Å². The van der Waals surface area contributed by atoms with Gasteiger partial charge < -0.3 is 9.64 Å². The van der Waals surface area contributed by atoms with Crippen molar-refractivity contribution < 1.29 is 19.3 Å². The van der Waals surface area contributed by atoms with Crippen LogP contribution < -0.4 is 10.4 Å². The fraction of sp³-hybridized carbons (Fsp3) is 0.611. The number of carbonyl (C=O) groups excluding carboxylic acids is 1. The maximum Gasteiger partial charge on any atom is 0.277 e. The number of rotatable bonds is 5. The quantitative estimate of drug-likeness (QED) is 0.638. The predicted octanol–water partition coefficient (Wildman–Crippen LogP) is 3.02. The first-order valence-corrected chi connectivity index (χ1v) is 9.15. The Morgan fingerprint density at radius 3 is 2.73 bits per heavy atom. The summed E-state index contributed by atoms with van der Waals surface area (Å²) in [5, 5.41) is 11.1. The van der Waals surface area contributed by atoms with Crippen LogP contribution in [0.1, 0.15) is 49.4 Å². The molecule has 1 N–H and O–H groups in total. The zero-order chi connectivity index (χ0) is 18.5. The lowest BCUT2D eigenvalue weighted by molar-refractivity contribution is -0.384. The van der Waals surface area contributed by atoms with Gasteiger partial charge in [0.05, 0.1) is 16.2 Å². The first kappa shape index (κ1) is 18.6. The lowest BCUT2D eigenvalue weighted by Crippen LogP contribution is -2.36. The SMILES string of the molecule is CC1CCN(c2ccc([N+](=O)[O-])cc2C(=O)NOC2CCCCO2)CC1. The van der Waals surface area contributed by atoms with Crippen molar-refractivity contribution in [3.8, 4) is 0 Å². The van der Waals surface area contributed by atoms with E-state index in [1.54, 1.807) is 6.07 Å². The smallest absolute Gasteiger partial charge is 0.277 e. The molecule has 2 heterocycles. The molecule has 2 aliphatic heterocycles. The molecule has 1 atom stereocenters. The van der Waals surface area contributed by atoms with Crippen LogP contribution in [0.2, 0.25) is 0 Å². The number of non-ortho nitro benzene ring substituents is 1. The zero-order valence-corrected chi connectivity index (χ0v) is 15.0. The Morgan fingerprint density at radius 2 is 2.08 bits per heavy atom. The molecule has 26 heavy (non-hydrogen) atoms. The molecule has 2 aliphatic rings. The predicted molar refractivity (Wildman–Crippen MR) is 95.8 cm³/mol. The summed E-state index contributed by atoms with van der Waals surface area (Å²) in [6, 6.07) is 4.41. The molecular weight excluding hydrogens is 338 g/mol. The highest BCUT2D eigenvalue weighted by molar-refractivity contribution is 6.00. The standard InChI is InChI=1S/C18H25N3O5/c1-13-7-9-20(10-8-13)16-6-5-14(21(23)24)12-15(16)18(22)19-26-17-4-2-3-11-25-17/h5-6,12-13,17H,2-4,7-11H2,1H3,(H,19,22). The minimum absolute atomic E-state index is 0.113. The molecule has 8 nitrogen and oxygen atoms in total. The molecule has 0 aromatic heterocycles. The van der Waals surface area contributed by atoms with Gasteiger partial charge in [-0.05, 0) is 37.7 Å². The number of nitrogens with one attached hydrogen (secondary N) is 1. The third-order valence-electron chi connectivity index (χ3n) is 4.98. The number of hydrogen-bond donors (Lipinski definition) is 1. The molecule has 1 amide bonds. The normalized spacial score (nSPS) is 21.4. The number of nitro benzene ring substituents is 1. The summed E-state index contributed by atoms with van der Waals surface area (Å²) in [5.41, 5.74) is 3.25. The Kier molecular flexibility index (Phi) is 6.05. The van der Waals surface area contributed by atoms with E-state index in [-0.39, 0.29) is 11.3 Å². The van der Waals surface area contributed by atoms with Crippen LogP contribution in [0.3, 0.4) is 0 Å². The number of benzene rings is 1. The molecular formula is C18H25N3O5. The summed E-state index contributed by atoms with van der Waals surface area (Å²) in [7, 11) is 0. The Labute approximate surface area is 152 Å². The van der Waals surface area contributed by atoms with Crippen LogP contribution in [0.4, 0.5) is 11.4 Å². The largest absolute Gasteiger partial charge is 0.371 e. The fourth-order valence-electron chi connectivity index (χ4n) is 3.32. The number of anilines is 1. The van der Waals surface area contributed by atoms with Gasteiger partial charge in [-0.2, -0.15) is 0 Å². The van der Waals surface area contributed by atoms with Crippen LogP contribution in [-0.2, 0) is 9.57 Å². The zero-order valence-electron chi connectivity index (χ0n) is 15.0. The number of hydrogen-bond acceptors (Lipinski definition) is 6. The second-order valence-electron chi connectivity index (χ2n) is 6.97. The average molecular weight is 363 g/mol. The van der Waals surface area contributed by atoms with Crippen molar-refractivity contribution in [1.29, 1.82) is 0 Å². The summed E-state index contributed by atoms with van der Waals surface area (Å²) in [5.74, 6) is 0.157. The number of nitrogens with zero attached hydrogens (tertiary/aromatic N) is 2. The van der Waals surface area contributed by atoms with Gasteiger partial charge in [-0.1, -0.05) is 6.92 Å². The number of piperidine rings is 1. The van der Waals surface area contributed by atoms with Crippen molar-refractivity contribution in [3.63, 3.8) is 0 Å². The number of hydroxylamine groups is 1. The van der Waals surface area contributed by atoms with E-state index in [2.05, 4.69) is 17.3 Å². The topological polar surface area (TPSA) is 93.9 Å². The molecule has 0 radical (unpaired) electrons. The maximum atomic E-state index is 12.6. The van der Waals surface area contributed by atoms with Crippen molar-refractivity contribution in [2.24, 2.45) is 5.92 Å². The summed E-state index contributed by atoms with van der Waals surface area (Å²) in [4.78, 5) is 30.7. The van der Waals surface area contributed by atoms with E-state index in [1.807, 2.05) is 0 Å². The summed E-state index contributed by atoms with van der Waals surface area (Å²) >= 11 is 0. The van der Waals surface area contributed by atoms with Crippen LogP contribution >= 0.6 is 0 Å². The van der Waals surface area contributed by atoms with Gasteiger partial charge in [0.25, 0.3) is 11.6 Å². The number of amides is 1. The summed E-state index contributed by atoms with van der Waals surface area (Å²) < 4.78 is 5.43. The minimum atomic E-state index is -0.496. The van der Waals surface area contributed by atoms with Gasteiger partial charge in [0.1, 0.15) is 0 Å². The summed E-state index contributed by atoms with van der Waals surface area (Å²) in [6.45, 7) is 4.46. The Hall–Kier alpha value is -2.19. The number of carbonyl (C=O) groups is 1. The van der Waals surface area contributed by atoms with E-state index >= 15 is 0 Å². The Morgan fingerprint density at radius 1 is 1.31 bits per heavy atom. The minimum Gasteiger partial charge on any atom is -0.371 e. The van der Waals surface area contributed by atoms with Gasteiger partial charge >= 0.3 is 0 Å². The van der Waals surface area contributed by atoms with Crippen molar-refractivity contribution in [2.75, 3.05) is 24.6 Å². The van der Waals surface area contributed by atoms with Crippen LogP contribution in [-0.4, -0.2) is 36.8 Å². The molecule has 0 aliphatic carbocycles. The molecule has 1 aromatic carbocycles. The molecule has 2 fully saturated rings. The molecule has 3 rings (SSSR count). The molecule has 142 valence electrons. The number of ether oxygens (including phenoxy) is 1. The van der Waals surface area contributed by atoms with Crippen molar-refractivity contribution >= 4 is 17.3 Å². The van der Waals surface area contributed by atoms with Crippen LogP contribution in [0.25, 0.3) is 0 Å². The monoisotopic (exact) mass is 363 g/mol. The van der Waals surface area contributed by atoms with Gasteiger partial charge in [-0.3, -0.25) is 14.9 Å². The van der Waals surface area contributed by atoms with Gasteiger partial charge in [-0.25, -0.2) is 10.3 Å². The molecule has 8 heteroatoms. The maximum absolute atomic E-state index is 12.6. The van der Waals surface area contributed by atoms with Crippen LogP contribution in [0.15, 0.2) is 18.2 Å². The third-order valence-corrected chi connectivity index (χ3v) is 4.98. The van der Waals surface area contributed by atoms with E-state index < -0.39 is 17.1 Å². The first-order valence-electron chi connectivity index (χ1n) is 9.15. The molecule has 1 unspecified atom stereocenters. The second-order valence-corrected chi connectivity index (χ2v) is 6.97. The fourth-order valence-corrected chi connectivity index (χ4v) is 3.32. The van der Waals surface area contributed by atoms with Crippen LogP contribution in [0, 0.1) is 16.0 Å². The molecule has 0 spiro atoms. The van der Waals surface area contributed by atoms with E-state index in [9.17, 15) is 14.9 Å². The third kappa shape index (κ3) is 4.50.